The molecule has 0 spiro atoms. The van der Waals surface area contributed by atoms with Gasteiger partial charge in [-0.2, -0.15) is 0 Å². The van der Waals surface area contributed by atoms with Crippen molar-refractivity contribution in [3.8, 4) is 11.5 Å². The lowest BCUT2D eigenvalue weighted by Crippen LogP contribution is -2.24. The second-order valence-electron chi connectivity index (χ2n) is 4.54. The van der Waals surface area contributed by atoms with Gasteiger partial charge in [0.2, 0.25) is 0 Å². The van der Waals surface area contributed by atoms with Gasteiger partial charge in [-0.25, -0.2) is 0 Å². The molecule has 0 saturated heterocycles. The number of nitrogens with zero attached hydrogens (tertiary/aromatic N) is 1. The van der Waals surface area contributed by atoms with Crippen LogP contribution in [0.1, 0.15) is 25.8 Å². The summed E-state index contributed by atoms with van der Waals surface area (Å²) < 4.78 is 10.6. The van der Waals surface area contributed by atoms with Gasteiger partial charge in [-0.05, 0) is 44.1 Å². The Bertz CT molecular complexity index is 390. The molecule has 0 aliphatic heterocycles. The Morgan fingerprint density at radius 3 is 2.21 bits per heavy atom. The molecule has 0 saturated carbocycles. The molecule has 1 rings (SSSR count). The van der Waals surface area contributed by atoms with E-state index in [0.717, 1.165) is 43.8 Å². The standard InChI is InChI=1S/C15H26N2O2/c1-5-17(6-2)9-7-8-12-10-13(16)15(19-4)11-14(12)18-3/h10-11H,5-9,16H2,1-4H3. The number of aryl methyl sites for hydroxylation is 1. The van der Waals surface area contributed by atoms with Gasteiger partial charge in [-0.15, -0.1) is 0 Å². The topological polar surface area (TPSA) is 47.7 Å². The Balaban J connectivity index is 2.69. The number of hydrogen-bond donors (Lipinski definition) is 1. The first-order valence-corrected chi connectivity index (χ1v) is 6.88. The van der Waals surface area contributed by atoms with E-state index in [1.807, 2.05) is 12.1 Å². The Labute approximate surface area is 116 Å². The minimum atomic E-state index is 0.668. The van der Waals surface area contributed by atoms with Crippen LogP contribution in [0.5, 0.6) is 11.5 Å². The van der Waals surface area contributed by atoms with Gasteiger partial charge in [-0.1, -0.05) is 13.8 Å². The third-order valence-electron chi connectivity index (χ3n) is 3.45. The van der Waals surface area contributed by atoms with Crippen molar-refractivity contribution in [1.29, 1.82) is 0 Å². The molecule has 0 unspecified atom stereocenters. The number of ether oxygens (including phenoxy) is 2. The van der Waals surface area contributed by atoms with Crippen LogP contribution in [0, 0.1) is 0 Å². The molecule has 1 aromatic carbocycles. The van der Waals surface area contributed by atoms with Crippen LogP contribution in [0.2, 0.25) is 0 Å². The minimum absolute atomic E-state index is 0.668. The molecule has 1 aromatic rings. The van der Waals surface area contributed by atoms with Crippen LogP contribution in [-0.2, 0) is 6.42 Å². The molecule has 0 radical (unpaired) electrons. The summed E-state index contributed by atoms with van der Waals surface area (Å²) in [7, 11) is 3.30. The lowest BCUT2D eigenvalue weighted by Gasteiger charge is -2.18. The highest BCUT2D eigenvalue weighted by Gasteiger charge is 2.09. The molecule has 0 bridgehead atoms. The Hall–Kier alpha value is -1.42. The predicted octanol–water partition coefficient (Wildman–Crippen LogP) is 2.56. The summed E-state index contributed by atoms with van der Waals surface area (Å²) in [4.78, 5) is 2.42. The second-order valence-corrected chi connectivity index (χ2v) is 4.54. The van der Waals surface area contributed by atoms with Crippen molar-refractivity contribution in [1.82, 2.24) is 4.90 Å². The summed E-state index contributed by atoms with van der Waals surface area (Å²) in [6, 6.07) is 3.82. The molecule has 0 aliphatic carbocycles. The van der Waals surface area contributed by atoms with Gasteiger partial charge in [0.25, 0.3) is 0 Å². The predicted molar refractivity (Wildman–Crippen MR) is 80.1 cm³/mol. The summed E-state index contributed by atoms with van der Waals surface area (Å²) in [6.07, 6.45) is 2.07. The zero-order valence-electron chi connectivity index (χ0n) is 12.5. The summed E-state index contributed by atoms with van der Waals surface area (Å²) in [5.74, 6) is 1.52. The number of benzene rings is 1. The van der Waals surface area contributed by atoms with E-state index < -0.39 is 0 Å². The van der Waals surface area contributed by atoms with E-state index in [0.29, 0.717) is 11.4 Å². The summed E-state index contributed by atoms with van der Waals surface area (Å²) in [6.45, 7) is 7.67. The van der Waals surface area contributed by atoms with E-state index in [1.54, 1.807) is 14.2 Å². The van der Waals surface area contributed by atoms with E-state index in [2.05, 4.69) is 18.7 Å². The van der Waals surface area contributed by atoms with E-state index in [-0.39, 0.29) is 0 Å². The van der Waals surface area contributed by atoms with Gasteiger partial charge in [0.1, 0.15) is 11.5 Å². The maximum Gasteiger partial charge on any atom is 0.145 e. The van der Waals surface area contributed by atoms with Crippen molar-refractivity contribution in [2.75, 3.05) is 39.6 Å². The van der Waals surface area contributed by atoms with E-state index in [4.69, 9.17) is 15.2 Å². The third-order valence-corrected chi connectivity index (χ3v) is 3.45. The van der Waals surface area contributed by atoms with Gasteiger partial charge in [0.05, 0.1) is 19.9 Å². The lowest BCUT2D eigenvalue weighted by molar-refractivity contribution is 0.299. The van der Waals surface area contributed by atoms with Crippen molar-refractivity contribution >= 4 is 5.69 Å². The van der Waals surface area contributed by atoms with Gasteiger partial charge in [-0.3, -0.25) is 0 Å². The van der Waals surface area contributed by atoms with Crippen LogP contribution in [0.15, 0.2) is 12.1 Å². The number of rotatable bonds is 8. The van der Waals surface area contributed by atoms with Crippen molar-refractivity contribution < 1.29 is 9.47 Å². The average molecular weight is 266 g/mol. The fraction of sp³-hybridized carbons (Fsp3) is 0.600. The fourth-order valence-corrected chi connectivity index (χ4v) is 2.22. The molecule has 2 N–H and O–H groups in total. The fourth-order valence-electron chi connectivity index (χ4n) is 2.22. The number of hydrogen-bond acceptors (Lipinski definition) is 4. The molecule has 0 heterocycles. The number of nitrogen functional groups attached to an aromatic ring is 1. The van der Waals surface area contributed by atoms with Crippen molar-refractivity contribution in [3.63, 3.8) is 0 Å². The van der Waals surface area contributed by atoms with Crippen LogP contribution in [-0.4, -0.2) is 38.8 Å². The van der Waals surface area contributed by atoms with Crippen molar-refractivity contribution in [3.05, 3.63) is 17.7 Å². The molecule has 0 aliphatic rings. The largest absolute Gasteiger partial charge is 0.496 e. The third kappa shape index (κ3) is 4.31. The molecule has 0 amide bonds. The van der Waals surface area contributed by atoms with E-state index in [9.17, 15) is 0 Å². The zero-order chi connectivity index (χ0) is 14.3. The monoisotopic (exact) mass is 266 g/mol. The Morgan fingerprint density at radius 1 is 1.05 bits per heavy atom. The zero-order valence-corrected chi connectivity index (χ0v) is 12.5. The summed E-state index contributed by atoms with van der Waals surface area (Å²) >= 11 is 0. The molecular formula is C15H26N2O2. The molecule has 0 fully saturated rings. The molecule has 4 nitrogen and oxygen atoms in total. The molecule has 108 valence electrons. The van der Waals surface area contributed by atoms with Gasteiger partial charge in [0, 0.05) is 6.07 Å². The highest BCUT2D eigenvalue weighted by Crippen LogP contribution is 2.31. The Morgan fingerprint density at radius 2 is 1.68 bits per heavy atom. The SMILES string of the molecule is CCN(CC)CCCc1cc(N)c(OC)cc1OC. The second kappa shape index (κ2) is 7.89. The first-order valence-electron chi connectivity index (χ1n) is 6.88. The van der Waals surface area contributed by atoms with Gasteiger partial charge < -0.3 is 20.1 Å². The first-order chi connectivity index (χ1) is 9.15. The highest BCUT2D eigenvalue weighted by atomic mass is 16.5. The van der Waals surface area contributed by atoms with Crippen LogP contribution in [0.4, 0.5) is 5.69 Å². The van der Waals surface area contributed by atoms with E-state index in [1.165, 1.54) is 0 Å². The summed E-state index contributed by atoms with van der Waals surface area (Å²) in [5.41, 5.74) is 7.76. The number of nitrogens with two attached hydrogens (primary N) is 1. The molecular weight excluding hydrogens is 240 g/mol. The molecule has 0 atom stereocenters. The molecule has 0 aromatic heterocycles. The molecule has 19 heavy (non-hydrogen) atoms. The average Bonchev–Trinajstić information content (AvgIpc) is 2.44. The van der Waals surface area contributed by atoms with Crippen LogP contribution < -0.4 is 15.2 Å². The lowest BCUT2D eigenvalue weighted by atomic mass is 10.1. The summed E-state index contributed by atoms with van der Waals surface area (Å²) in [5, 5.41) is 0. The van der Waals surface area contributed by atoms with Crippen LogP contribution in [0.3, 0.4) is 0 Å². The van der Waals surface area contributed by atoms with Gasteiger partial charge >= 0.3 is 0 Å². The van der Waals surface area contributed by atoms with Gasteiger partial charge in [0.15, 0.2) is 0 Å². The normalized spacial score (nSPS) is 10.8. The van der Waals surface area contributed by atoms with Crippen molar-refractivity contribution in [2.45, 2.75) is 26.7 Å². The smallest absolute Gasteiger partial charge is 0.145 e. The number of anilines is 1. The Kier molecular flexibility index (Phi) is 6.50. The first kappa shape index (κ1) is 15.6. The van der Waals surface area contributed by atoms with Crippen LogP contribution in [0.25, 0.3) is 0 Å². The van der Waals surface area contributed by atoms with Crippen molar-refractivity contribution in [2.24, 2.45) is 0 Å². The quantitative estimate of drug-likeness (QED) is 0.735. The van der Waals surface area contributed by atoms with E-state index >= 15 is 0 Å². The van der Waals surface area contributed by atoms with Crippen LogP contribution >= 0.6 is 0 Å². The minimum Gasteiger partial charge on any atom is -0.496 e. The maximum absolute atomic E-state index is 5.95. The molecule has 4 heteroatoms. The number of methoxy groups -OCH3 is 2. The highest BCUT2D eigenvalue weighted by molar-refractivity contribution is 5.59. The maximum atomic E-state index is 5.95.